The third-order valence-electron chi connectivity index (χ3n) is 5.34. The first-order valence-electron chi connectivity index (χ1n) is 10.5. The van der Waals surface area contributed by atoms with Gasteiger partial charge in [-0.05, 0) is 18.1 Å². The maximum atomic E-state index is 14.0. The fourth-order valence-electron chi connectivity index (χ4n) is 3.41. The van der Waals surface area contributed by atoms with Crippen LogP contribution >= 0.6 is 0 Å². The summed E-state index contributed by atoms with van der Waals surface area (Å²) in [7, 11) is 0. The number of pyridine rings is 1. The Bertz CT molecular complexity index is 1270. The third-order valence-corrected chi connectivity index (χ3v) is 5.34. The highest BCUT2D eigenvalue weighted by molar-refractivity contribution is 5.93. The lowest BCUT2D eigenvalue weighted by Crippen LogP contribution is -2.36. The molecule has 2 aromatic heterocycles. The van der Waals surface area contributed by atoms with Gasteiger partial charge >= 0.3 is 6.18 Å². The molecule has 1 saturated carbocycles. The van der Waals surface area contributed by atoms with Gasteiger partial charge in [-0.1, -0.05) is 6.07 Å². The van der Waals surface area contributed by atoms with E-state index in [4.69, 9.17) is 0 Å². The zero-order chi connectivity index (χ0) is 25.2. The van der Waals surface area contributed by atoms with Crippen LogP contribution in [0.3, 0.4) is 0 Å². The molecule has 0 atom stereocenters. The zero-order valence-corrected chi connectivity index (χ0v) is 18.0. The fourth-order valence-corrected chi connectivity index (χ4v) is 3.41. The Kier molecular flexibility index (Phi) is 6.72. The number of alkyl halides is 3. The highest BCUT2D eigenvalue weighted by Crippen LogP contribution is 2.31. The molecule has 0 aliphatic heterocycles. The molecule has 12 heteroatoms. The predicted molar refractivity (Wildman–Crippen MR) is 114 cm³/mol. The molecule has 182 valence electrons. The summed E-state index contributed by atoms with van der Waals surface area (Å²) in [6.07, 6.45) is -2.16. The molecule has 4 rings (SSSR count). The quantitative estimate of drug-likeness (QED) is 0.482. The lowest BCUT2D eigenvalue weighted by atomic mass is 9.84. The summed E-state index contributed by atoms with van der Waals surface area (Å²) >= 11 is 0. The lowest BCUT2D eigenvalue weighted by molar-refractivity contribution is -0.137. The summed E-state index contributed by atoms with van der Waals surface area (Å²) in [5, 5.41) is 5.43. The second-order valence-corrected chi connectivity index (χ2v) is 8.03. The second kappa shape index (κ2) is 9.72. The summed E-state index contributed by atoms with van der Waals surface area (Å²) < 4.78 is 66.6. The van der Waals surface area contributed by atoms with Crippen LogP contribution in [0.1, 0.15) is 34.5 Å². The number of amides is 1. The Hall–Kier alpha value is -3.96. The van der Waals surface area contributed by atoms with Gasteiger partial charge < -0.3 is 10.6 Å². The number of carbonyl (C=O) groups excluding carboxylic acids is 2. The van der Waals surface area contributed by atoms with E-state index in [-0.39, 0.29) is 53.3 Å². The molecule has 1 aliphatic rings. The molecule has 1 fully saturated rings. The van der Waals surface area contributed by atoms with Gasteiger partial charge in [0.2, 0.25) is 0 Å². The topological polar surface area (TPSA) is 96.9 Å². The number of aromatic nitrogens is 3. The number of nitrogens with zero attached hydrogens (tertiary/aromatic N) is 3. The van der Waals surface area contributed by atoms with Crippen LogP contribution in [0.4, 0.5) is 27.8 Å². The largest absolute Gasteiger partial charge is 0.417 e. The van der Waals surface area contributed by atoms with Crippen molar-refractivity contribution in [1.82, 2.24) is 20.3 Å². The number of carbonyl (C=O) groups is 2. The van der Waals surface area contributed by atoms with Crippen molar-refractivity contribution in [1.29, 1.82) is 0 Å². The Balaban J connectivity index is 1.62. The number of nitrogens with one attached hydrogen (secondary N) is 2. The standard InChI is InChI=1S/C23H18F5N5O2/c24-16-2-1-13(18(25)6-16)10-30-20-7-19(22(35)31-8-12-3-17(34)4-12)32-21(33-20)14-5-15(11-29-9-14)23(26,27)28/h1-2,5-7,9,11-12H,3-4,8,10H2,(H,31,35)(H,30,32,33). The van der Waals surface area contributed by atoms with Crippen LogP contribution in [0.5, 0.6) is 0 Å². The van der Waals surface area contributed by atoms with Gasteiger partial charge in [-0.2, -0.15) is 13.2 Å². The molecular weight excluding hydrogens is 473 g/mol. The molecule has 0 spiro atoms. The molecule has 7 nitrogen and oxygen atoms in total. The number of rotatable bonds is 7. The van der Waals surface area contributed by atoms with E-state index in [9.17, 15) is 31.5 Å². The normalized spacial score (nSPS) is 13.9. The highest BCUT2D eigenvalue weighted by Gasteiger charge is 2.31. The van der Waals surface area contributed by atoms with E-state index in [0.717, 1.165) is 18.3 Å². The Morgan fingerprint density at radius 3 is 2.51 bits per heavy atom. The first-order valence-corrected chi connectivity index (χ1v) is 10.5. The molecule has 2 heterocycles. The number of Topliss-reactive ketones (excluding diaryl/α,β-unsaturated/α-hetero) is 1. The van der Waals surface area contributed by atoms with Crippen LogP contribution in [0.25, 0.3) is 11.4 Å². The summed E-state index contributed by atoms with van der Waals surface area (Å²) in [5.41, 5.74) is -1.16. The Labute approximate surface area is 195 Å². The monoisotopic (exact) mass is 491 g/mol. The minimum atomic E-state index is -4.65. The fraction of sp³-hybridized carbons (Fsp3) is 0.261. The first kappa shape index (κ1) is 24.2. The zero-order valence-electron chi connectivity index (χ0n) is 18.0. The maximum absolute atomic E-state index is 14.0. The summed E-state index contributed by atoms with van der Waals surface area (Å²) in [6, 6.07) is 5.06. The molecule has 0 unspecified atom stereocenters. The van der Waals surface area contributed by atoms with Crippen molar-refractivity contribution >= 4 is 17.5 Å². The molecule has 3 aromatic rings. The van der Waals surface area contributed by atoms with E-state index in [1.807, 2.05) is 0 Å². The first-order chi connectivity index (χ1) is 16.6. The highest BCUT2D eigenvalue weighted by atomic mass is 19.4. The van der Waals surface area contributed by atoms with Gasteiger partial charge in [-0.3, -0.25) is 14.6 Å². The van der Waals surface area contributed by atoms with E-state index >= 15 is 0 Å². The number of hydrogen-bond donors (Lipinski definition) is 2. The van der Waals surface area contributed by atoms with Gasteiger partial charge in [0.05, 0.1) is 5.56 Å². The summed E-state index contributed by atoms with van der Waals surface area (Å²) in [5.74, 6) is -2.24. The number of halogens is 5. The van der Waals surface area contributed by atoms with E-state index in [2.05, 4.69) is 25.6 Å². The third kappa shape index (κ3) is 5.94. The molecule has 2 N–H and O–H groups in total. The van der Waals surface area contributed by atoms with Crippen LogP contribution in [0.15, 0.2) is 42.7 Å². The molecule has 35 heavy (non-hydrogen) atoms. The molecule has 1 aromatic carbocycles. The van der Waals surface area contributed by atoms with E-state index in [1.54, 1.807) is 0 Å². The molecular formula is C23H18F5N5O2. The summed E-state index contributed by atoms with van der Waals surface area (Å²) in [4.78, 5) is 35.6. The van der Waals surface area contributed by atoms with E-state index in [1.165, 1.54) is 12.1 Å². The van der Waals surface area contributed by atoms with Crippen molar-refractivity contribution in [3.05, 3.63) is 71.2 Å². The average molecular weight is 491 g/mol. The van der Waals surface area contributed by atoms with Crippen molar-refractivity contribution < 1.29 is 31.5 Å². The Morgan fingerprint density at radius 1 is 1.06 bits per heavy atom. The minimum absolute atomic E-state index is 0.0134. The van der Waals surface area contributed by atoms with Crippen LogP contribution in [0, 0.1) is 17.6 Å². The lowest BCUT2D eigenvalue weighted by Gasteiger charge is -2.23. The van der Waals surface area contributed by atoms with Crippen molar-refractivity contribution in [3.63, 3.8) is 0 Å². The van der Waals surface area contributed by atoms with Gasteiger partial charge in [0, 0.05) is 61.6 Å². The van der Waals surface area contributed by atoms with E-state index in [0.29, 0.717) is 25.1 Å². The molecule has 0 radical (unpaired) electrons. The van der Waals surface area contributed by atoms with Crippen molar-refractivity contribution in [3.8, 4) is 11.4 Å². The van der Waals surface area contributed by atoms with Crippen LogP contribution in [-0.2, 0) is 17.5 Å². The smallest absolute Gasteiger partial charge is 0.366 e. The van der Waals surface area contributed by atoms with Crippen LogP contribution < -0.4 is 10.6 Å². The maximum Gasteiger partial charge on any atom is 0.417 e. The van der Waals surface area contributed by atoms with Crippen LogP contribution in [-0.4, -0.2) is 33.2 Å². The Morgan fingerprint density at radius 2 is 1.83 bits per heavy atom. The predicted octanol–water partition coefficient (Wildman–Crippen LogP) is 4.16. The van der Waals surface area contributed by atoms with Gasteiger partial charge in [0.15, 0.2) is 5.82 Å². The van der Waals surface area contributed by atoms with Crippen molar-refractivity contribution in [2.24, 2.45) is 5.92 Å². The molecule has 0 bridgehead atoms. The summed E-state index contributed by atoms with van der Waals surface area (Å²) in [6.45, 7) is 0.0905. The SMILES string of the molecule is O=C1CC(CNC(=O)c2cc(NCc3ccc(F)cc3F)nc(-c3cncc(C(F)(F)F)c3)n2)C1. The van der Waals surface area contributed by atoms with Gasteiger partial charge in [0.1, 0.15) is 28.9 Å². The average Bonchev–Trinajstić information content (AvgIpc) is 2.79. The number of hydrogen-bond acceptors (Lipinski definition) is 6. The molecule has 0 saturated heterocycles. The van der Waals surface area contributed by atoms with Crippen molar-refractivity contribution in [2.45, 2.75) is 25.6 Å². The number of anilines is 1. The van der Waals surface area contributed by atoms with Gasteiger partial charge in [0.25, 0.3) is 5.91 Å². The number of benzene rings is 1. The molecule has 1 amide bonds. The van der Waals surface area contributed by atoms with E-state index < -0.39 is 29.3 Å². The van der Waals surface area contributed by atoms with Gasteiger partial charge in [-0.25, -0.2) is 18.7 Å². The second-order valence-electron chi connectivity index (χ2n) is 8.03. The number of ketones is 1. The van der Waals surface area contributed by atoms with Gasteiger partial charge in [-0.15, -0.1) is 0 Å². The van der Waals surface area contributed by atoms with Crippen molar-refractivity contribution in [2.75, 3.05) is 11.9 Å². The minimum Gasteiger partial charge on any atom is -0.366 e. The molecule has 1 aliphatic carbocycles. The van der Waals surface area contributed by atoms with Crippen LogP contribution in [0.2, 0.25) is 0 Å².